The number of hydrogen-bond donors (Lipinski definition) is 0. The van der Waals surface area contributed by atoms with Crippen LogP contribution in [0.2, 0.25) is 0 Å². The van der Waals surface area contributed by atoms with Gasteiger partial charge in [0.2, 0.25) is 0 Å². The zero-order valence-corrected chi connectivity index (χ0v) is 11.8. The first-order chi connectivity index (χ1) is 10.9. The van der Waals surface area contributed by atoms with Gasteiger partial charge < -0.3 is 0 Å². The summed E-state index contributed by atoms with van der Waals surface area (Å²) in [5, 5.41) is 9.85. The molecule has 0 aromatic heterocycles. The van der Waals surface area contributed by atoms with E-state index in [0.717, 1.165) is 21.9 Å². The fraction of sp³-hybridized carbons (Fsp3) is 0. The van der Waals surface area contributed by atoms with E-state index in [-0.39, 0.29) is 0 Å². The molecule has 0 spiro atoms. The van der Waals surface area contributed by atoms with Gasteiger partial charge in [-0.15, -0.1) is 12.8 Å². The van der Waals surface area contributed by atoms with Crippen LogP contribution in [0.1, 0.15) is 11.1 Å². The van der Waals surface area contributed by atoms with E-state index in [1.165, 1.54) is 32.3 Å². The Labute approximate surface area is 128 Å². The molecule has 98 valence electrons. The number of terminal acetylenes is 2. The highest BCUT2D eigenvalue weighted by Gasteiger charge is 2.24. The van der Waals surface area contributed by atoms with Crippen molar-refractivity contribution in [3.63, 3.8) is 0 Å². The lowest BCUT2D eigenvalue weighted by Gasteiger charge is -2.23. The second kappa shape index (κ2) is 3.70. The Bertz CT molecular complexity index is 1170. The summed E-state index contributed by atoms with van der Waals surface area (Å²) >= 11 is 0. The molecule has 0 nitrogen and oxygen atoms in total. The van der Waals surface area contributed by atoms with Crippen LogP contribution >= 0.6 is 0 Å². The fourth-order valence-electron chi connectivity index (χ4n) is 3.83. The van der Waals surface area contributed by atoms with Gasteiger partial charge in [0.05, 0.1) is 0 Å². The monoisotopic (exact) mass is 274 g/mol. The molecule has 0 saturated carbocycles. The van der Waals surface area contributed by atoms with Gasteiger partial charge in [0.25, 0.3) is 0 Å². The molecule has 0 atom stereocenters. The molecule has 0 aliphatic carbocycles. The van der Waals surface area contributed by atoms with Gasteiger partial charge in [0.15, 0.2) is 0 Å². The van der Waals surface area contributed by atoms with Crippen LogP contribution in [0.4, 0.5) is 0 Å². The maximum absolute atomic E-state index is 5.80. The third-order valence-corrected chi connectivity index (χ3v) is 4.72. The highest BCUT2D eigenvalue weighted by Crippen LogP contribution is 2.50. The van der Waals surface area contributed by atoms with Crippen molar-refractivity contribution >= 4 is 43.1 Å². The molecule has 0 heterocycles. The molecule has 5 aromatic carbocycles. The molecule has 0 amide bonds. The van der Waals surface area contributed by atoms with Crippen molar-refractivity contribution in [3.8, 4) is 24.7 Å². The van der Waals surface area contributed by atoms with Crippen LogP contribution in [-0.2, 0) is 0 Å². The van der Waals surface area contributed by atoms with E-state index < -0.39 is 0 Å². The number of benzene rings is 3. The van der Waals surface area contributed by atoms with Crippen molar-refractivity contribution in [3.05, 3.63) is 59.7 Å². The quantitative estimate of drug-likeness (QED) is 0.343. The van der Waals surface area contributed by atoms with Gasteiger partial charge in [-0.1, -0.05) is 60.4 Å². The predicted molar refractivity (Wildman–Crippen MR) is 94.7 cm³/mol. The largest absolute Gasteiger partial charge is 0.115 e. The van der Waals surface area contributed by atoms with Crippen LogP contribution in [-0.4, -0.2) is 0 Å². The molecule has 0 radical (unpaired) electrons. The fourth-order valence-corrected chi connectivity index (χ4v) is 3.83. The van der Waals surface area contributed by atoms with Crippen LogP contribution in [0.15, 0.2) is 48.5 Å². The predicted octanol–water partition coefficient (Wildman–Crippen LogP) is 5.14. The molecule has 0 aliphatic rings. The molecular formula is C22H10. The minimum atomic E-state index is 0.865. The van der Waals surface area contributed by atoms with Gasteiger partial charge in [0.1, 0.15) is 0 Å². The summed E-state index contributed by atoms with van der Waals surface area (Å²) in [4.78, 5) is 0. The highest BCUT2D eigenvalue weighted by molar-refractivity contribution is 6.44. The SMILES string of the molecule is C#Cc1c(C#C)c2c3ccccc3c2c2c3ccccc3c12. The average Bonchev–Trinajstić information content (AvgIpc) is 2.55. The van der Waals surface area contributed by atoms with E-state index >= 15 is 0 Å². The molecule has 0 heteroatoms. The summed E-state index contributed by atoms with van der Waals surface area (Å²) in [6, 6.07) is 16.8. The lowest BCUT2D eigenvalue weighted by molar-refractivity contribution is 1.72. The van der Waals surface area contributed by atoms with Crippen LogP contribution in [0.25, 0.3) is 43.1 Å². The molecule has 0 N–H and O–H groups in total. The number of fused-ring (bicyclic) bond motifs is 9. The molecule has 0 unspecified atom stereocenters. The van der Waals surface area contributed by atoms with Gasteiger partial charge in [-0.05, 0) is 32.3 Å². The Morgan fingerprint density at radius 2 is 0.818 bits per heavy atom. The molecule has 0 bridgehead atoms. The average molecular weight is 274 g/mol. The Kier molecular flexibility index (Phi) is 1.92. The van der Waals surface area contributed by atoms with Crippen molar-refractivity contribution in [1.82, 2.24) is 0 Å². The van der Waals surface area contributed by atoms with Crippen molar-refractivity contribution in [2.24, 2.45) is 0 Å². The minimum absolute atomic E-state index is 0.865. The lowest BCUT2D eigenvalue weighted by Crippen LogP contribution is -1.99. The molecule has 0 aliphatic heterocycles. The zero-order valence-electron chi connectivity index (χ0n) is 11.8. The molecular weight excluding hydrogens is 264 g/mol. The van der Waals surface area contributed by atoms with Gasteiger partial charge >= 0.3 is 0 Å². The first-order valence-electron chi connectivity index (χ1n) is 7.23. The Hall–Kier alpha value is -3.22. The Morgan fingerprint density at radius 3 is 1.14 bits per heavy atom. The molecule has 5 rings (SSSR count). The third kappa shape index (κ3) is 1.06. The van der Waals surface area contributed by atoms with E-state index in [1.54, 1.807) is 0 Å². The lowest BCUT2D eigenvalue weighted by atomic mass is 9.78. The first kappa shape index (κ1) is 11.4. The van der Waals surface area contributed by atoms with E-state index in [9.17, 15) is 0 Å². The summed E-state index contributed by atoms with van der Waals surface area (Å²) in [6.07, 6.45) is 11.6. The van der Waals surface area contributed by atoms with E-state index in [4.69, 9.17) is 12.8 Å². The van der Waals surface area contributed by atoms with E-state index in [0.29, 0.717) is 0 Å². The van der Waals surface area contributed by atoms with Crippen molar-refractivity contribution in [2.75, 3.05) is 0 Å². The van der Waals surface area contributed by atoms with Crippen molar-refractivity contribution in [1.29, 1.82) is 0 Å². The summed E-state index contributed by atoms with van der Waals surface area (Å²) < 4.78 is 0. The molecule has 5 aromatic rings. The van der Waals surface area contributed by atoms with Gasteiger partial charge in [-0.25, -0.2) is 0 Å². The second-order valence-corrected chi connectivity index (χ2v) is 5.63. The zero-order chi connectivity index (χ0) is 14.8. The topological polar surface area (TPSA) is 0 Å². The maximum Gasteiger partial charge on any atom is 0.0490 e. The van der Waals surface area contributed by atoms with Crippen molar-refractivity contribution in [2.45, 2.75) is 0 Å². The summed E-state index contributed by atoms with van der Waals surface area (Å²) in [7, 11) is 0. The first-order valence-corrected chi connectivity index (χ1v) is 7.23. The smallest absolute Gasteiger partial charge is 0.0490 e. The summed E-state index contributed by atoms with van der Waals surface area (Å²) in [5.41, 5.74) is 1.73. The normalized spacial score (nSPS) is 11.5. The molecule has 22 heavy (non-hydrogen) atoms. The van der Waals surface area contributed by atoms with Crippen LogP contribution < -0.4 is 0 Å². The van der Waals surface area contributed by atoms with Crippen molar-refractivity contribution < 1.29 is 0 Å². The summed E-state index contributed by atoms with van der Waals surface area (Å²) in [5.74, 6) is 5.68. The Morgan fingerprint density at radius 1 is 0.500 bits per heavy atom. The van der Waals surface area contributed by atoms with Gasteiger partial charge in [-0.2, -0.15) is 0 Å². The van der Waals surface area contributed by atoms with E-state index in [2.05, 4.69) is 48.2 Å². The van der Waals surface area contributed by atoms with Crippen LogP contribution in [0.5, 0.6) is 0 Å². The maximum atomic E-state index is 5.80. The van der Waals surface area contributed by atoms with E-state index in [1.807, 2.05) is 12.1 Å². The van der Waals surface area contributed by atoms with Gasteiger partial charge in [-0.3, -0.25) is 0 Å². The molecule has 0 saturated heterocycles. The van der Waals surface area contributed by atoms with Crippen LogP contribution in [0.3, 0.4) is 0 Å². The highest BCUT2D eigenvalue weighted by atomic mass is 14.3. The standard InChI is InChI=1S/C22H10/c1-3-13-14(4-2)20-16-10-6-8-12-18(16)22(20)21-17-11-7-5-9-15(17)19(13)21/h1-2,5-12H. The van der Waals surface area contributed by atoms with Gasteiger partial charge in [0, 0.05) is 21.9 Å². The number of rotatable bonds is 0. The summed E-state index contributed by atoms with van der Waals surface area (Å²) in [6.45, 7) is 0. The molecule has 0 fully saturated rings. The second-order valence-electron chi connectivity index (χ2n) is 5.63. The van der Waals surface area contributed by atoms with Crippen LogP contribution in [0, 0.1) is 24.7 Å². The number of hydrogen-bond acceptors (Lipinski definition) is 0. The minimum Gasteiger partial charge on any atom is -0.115 e. The third-order valence-electron chi connectivity index (χ3n) is 4.72. The Balaban J connectivity index is 2.19.